The fraction of sp³-hybridized carbons (Fsp3) is 0.259. The van der Waals surface area contributed by atoms with Crippen molar-refractivity contribution in [3.05, 3.63) is 83.9 Å². The fourth-order valence-corrected chi connectivity index (χ4v) is 4.47. The van der Waals surface area contributed by atoms with Gasteiger partial charge in [0.2, 0.25) is 0 Å². The summed E-state index contributed by atoms with van der Waals surface area (Å²) in [5.74, 6) is 1.83. The molecule has 1 aliphatic heterocycles. The summed E-state index contributed by atoms with van der Waals surface area (Å²) in [5.41, 5.74) is 5.91. The Kier molecular flexibility index (Phi) is 5.06. The molecule has 3 aromatic carbocycles. The van der Waals surface area contributed by atoms with E-state index in [2.05, 4.69) is 103 Å². The Morgan fingerprint density at radius 3 is 2.39 bits per heavy atom. The van der Waals surface area contributed by atoms with Crippen LogP contribution in [0.2, 0.25) is 0 Å². The molecule has 1 aliphatic rings. The normalized spacial score (nSPS) is 16.7. The quantitative estimate of drug-likeness (QED) is 0.440. The van der Waals surface area contributed by atoms with E-state index in [-0.39, 0.29) is 0 Å². The molecule has 5 rings (SSSR count). The minimum Gasteiger partial charge on any atom is -0.365 e. The van der Waals surface area contributed by atoms with Gasteiger partial charge in [-0.1, -0.05) is 54.1 Å². The summed E-state index contributed by atoms with van der Waals surface area (Å²) in [6, 6.07) is 26.0. The maximum atomic E-state index is 5.07. The van der Waals surface area contributed by atoms with E-state index in [9.17, 15) is 0 Å². The number of anilines is 2. The van der Waals surface area contributed by atoms with Crippen LogP contribution >= 0.6 is 0 Å². The van der Waals surface area contributed by atoms with Gasteiger partial charge in [0.05, 0.1) is 5.52 Å². The number of aromatic nitrogens is 2. The lowest BCUT2D eigenvalue weighted by Gasteiger charge is -2.42. The first-order chi connectivity index (χ1) is 15.1. The zero-order valence-electron chi connectivity index (χ0n) is 18.4. The molecule has 4 nitrogen and oxygen atoms in total. The predicted octanol–water partition coefficient (Wildman–Crippen LogP) is 5.63. The third kappa shape index (κ3) is 3.86. The van der Waals surface area contributed by atoms with Crippen LogP contribution in [0.15, 0.2) is 72.8 Å². The van der Waals surface area contributed by atoms with Crippen LogP contribution in [0.5, 0.6) is 0 Å². The van der Waals surface area contributed by atoms with Gasteiger partial charge in [-0.3, -0.25) is 0 Å². The van der Waals surface area contributed by atoms with Crippen LogP contribution in [0.4, 0.5) is 11.5 Å². The molecule has 0 spiro atoms. The molecular weight excluding hydrogens is 380 g/mol. The van der Waals surface area contributed by atoms with Crippen molar-refractivity contribution in [3.63, 3.8) is 0 Å². The van der Waals surface area contributed by atoms with E-state index in [0.29, 0.717) is 6.04 Å². The highest BCUT2D eigenvalue weighted by molar-refractivity contribution is 5.91. The average molecular weight is 409 g/mol. The average Bonchev–Trinajstić information content (AvgIpc) is 2.79. The van der Waals surface area contributed by atoms with Gasteiger partial charge in [-0.05, 0) is 50.6 Å². The van der Waals surface area contributed by atoms with E-state index in [1.165, 1.54) is 16.8 Å². The molecule has 0 aliphatic carbocycles. The molecular formula is C27H28N4. The molecule has 0 bridgehead atoms. The summed E-state index contributed by atoms with van der Waals surface area (Å²) in [6.45, 7) is 9.41. The van der Waals surface area contributed by atoms with E-state index >= 15 is 0 Å². The Labute approximate surface area is 184 Å². The van der Waals surface area contributed by atoms with Gasteiger partial charge in [-0.15, -0.1) is 0 Å². The van der Waals surface area contributed by atoms with Gasteiger partial charge in [0.1, 0.15) is 5.82 Å². The largest absolute Gasteiger partial charge is 0.365 e. The first-order valence-electron chi connectivity index (χ1n) is 11.0. The van der Waals surface area contributed by atoms with Crippen molar-refractivity contribution in [2.45, 2.75) is 26.8 Å². The predicted molar refractivity (Wildman–Crippen MR) is 130 cm³/mol. The molecule has 1 atom stereocenters. The molecule has 1 unspecified atom stereocenters. The number of benzene rings is 3. The van der Waals surface area contributed by atoms with Crippen LogP contribution in [0, 0.1) is 13.8 Å². The second-order valence-electron chi connectivity index (χ2n) is 8.58. The number of nitrogens with zero attached hydrogens (tertiary/aromatic N) is 4. The van der Waals surface area contributed by atoms with Gasteiger partial charge in [0, 0.05) is 42.3 Å². The third-order valence-electron chi connectivity index (χ3n) is 6.15. The molecule has 2 heterocycles. The maximum absolute atomic E-state index is 5.07. The van der Waals surface area contributed by atoms with Crippen molar-refractivity contribution in [2.75, 3.05) is 29.4 Å². The minimum atomic E-state index is 0.395. The number of para-hydroxylation sites is 1. The van der Waals surface area contributed by atoms with Crippen LogP contribution in [-0.4, -0.2) is 35.6 Å². The molecule has 4 heteroatoms. The summed E-state index contributed by atoms with van der Waals surface area (Å²) in [7, 11) is 0. The lowest BCUT2D eigenvalue weighted by molar-refractivity contribution is 0.548. The standard InChI is InChI=1S/C27H28N4/c1-19-11-13-22(14-12-19)26-28-25-10-5-4-9-24(25)27(29-26)30-15-16-31(21(3)18-30)23-8-6-7-20(2)17-23/h4-14,17,21H,15-16,18H2,1-3H3. The zero-order chi connectivity index (χ0) is 21.4. The van der Waals surface area contributed by atoms with Gasteiger partial charge >= 0.3 is 0 Å². The molecule has 0 amide bonds. The number of hydrogen-bond donors (Lipinski definition) is 0. The molecule has 0 radical (unpaired) electrons. The summed E-state index contributed by atoms with van der Waals surface area (Å²) >= 11 is 0. The summed E-state index contributed by atoms with van der Waals surface area (Å²) in [6.07, 6.45) is 0. The Balaban J connectivity index is 1.50. The van der Waals surface area contributed by atoms with Gasteiger partial charge in [0.15, 0.2) is 5.82 Å². The van der Waals surface area contributed by atoms with E-state index in [0.717, 1.165) is 47.7 Å². The lowest BCUT2D eigenvalue weighted by Crippen LogP contribution is -2.52. The number of rotatable bonds is 3. The molecule has 4 aromatic rings. The number of fused-ring (bicyclic) bond motifs is 1. The summed E-state index contributed by atoms with van der Waals surface area (Å²) in [4.78, 5) is 14.9. The van der Waals surface area contributed by atoms with Crippen molar-refractivity contribution < 1.29 is 0 Å². The summed E-state index contributed by atoms with van der Waals surface area (Å²) < 4.78 is 0. The van der Waals surface area contributed by atoms with Crippen LogP contribution in [0.1, 0.15) is 18.1 Å². The SMILES string of the molecule is Cc1ccc(-c2nc(N3CCN(c4cccc(C)c4)C(C)C3)c3ccccc3n2)cc1. The van der Waals surface area contributed by atoms with Crippen molar-refractivity contribution in [3.8, 4) is 11.4 Å². The fourth-order valence-electron chi connectivity index (χ4n) is 4.47. The van der Waals surface area contributed by atoms with Crippen LogP contribution in [0.25, 0.3) is 22.3 Å². The van der Waals surface area contributed by atoms with E-state index < -0.39 is 0 Å². The molecule has 0 N–H and O–H groups in total. The van der Waals surface area contributed by atoms with Crippen LogP contribution in [0.3, 0.4) is 0 Å². The topological polar surface area (TPSA) is 32.3 Å². The number of aryl methyl sites for hydroxylation is 2. The van der Waals surface area contributed by atoms with E-state index in [1.807, 2.05) is 0 Å². The lowest BCUT2D eigenvalue weighted by atomic mass is 10.1. The maximum Gasteiger partial charge on any atom is 0.162 e. The molecule has 1 fully saturated rings. The van der Waals surface area contributed by atoms with Gasteiger partial charge in [-0.25, -0.2) is 9.97 Å². The first kappa shape index (κ1) is 19.6. The van der Waals surface area contributed by atoms with Gasteiger partial charge in [0.25, 0.3) is 0 Å². The highest BCUT2D eigenvalue weighted by Crippen LogP contribution is 2.30. The second kappa shape index (κ2) is 8.03. The van der Waals surface area contributed by atoms with Crippen molar-refractivity contribution in [2.24, 2.45) is 0 Å². The third-order valence-corrected chi connectivity index (χ3v) is 6.15. The first-order valence-corrected chi connectivity index (χ1v) is 11.0. The van der Waals surface area contributed by atoms with E-state index in [1.54, 1.807) is 0 Å². The van der Waals surface area contributed by atoms with Crippen molar-refractivity contribution in [1.29, 1.82) is 0 Å². The van der Waals surface area contributed by atoms with Crippen molar-refractivity contribution in [1.82, 2.24) is 9.97 Å². The second-order valence-corrected chi connectivity index (χ2v) is 8.58. The summed E-state index contributed by atoms with van der Waals surface area (Å²) in [5, 5.41) is 1.12. The van der Waals surface area contributed by atoms with Gasteiger partial charge < -0.3 is 9.80 Å². The molecule has 0 saturated carbocycles. The number of hydrogen-bond acceptors (Lipinski definition) is 4. The Bertz CT molecular complexity index is 1220. The molecule has 1 aromatic heterocycles. The molecule has 156 valence electrons. The van der Waals surface area contributed by atoms with E-state index in [4.69, 9.17) is 9.97 Å². The highest BCUT2D eigenvalue weighted by Gasteiger charge is 2.26. The Hall–Kier alpha value is -3.40. The zero-order valence-corrected chi connectivity index (χ0v) is 18.4. The monoisotopic (exact) mass is 408 g/mol. The van der Waals surface area contributed by atoms with Crippen molar-refractivity contribution >= 4 is 22.4 Å². The molecule has 31 heavy (non-hydrogen) atoms. The Morgan fingerprint density at radius 1 is 0.806 bits per heavy atom. The minimum absolute atomic E-state index is 0.395. The van der Waals surface area contributed by atoms with Gasteiger partial charge in [-0.2, -0.15) is 0 Å². The van der Waals surface area contributed by atoms with Crippen LogP contribution < -0.4 is 9.80 Å². The smallest absolute Gasteiger partial charge is 0.162 e. The Morgan fingerprint density at radius 2 is 1.61 bits per heavy atom. The highest BCUT2D eigenvalue weighted by atomic mass is 15.3. The van der Waals surface area contributed by atoms with Crippen LogP contribution in [-0.2, 0) is 0 Å². The number of piperazine rings is 1. The molecule has 1 saturated heterocycles.